The molecule has 2 aromatic rings. The Morgan fingerprint density at radius 3 is 1.81 bits per heavy atom. The monoisotopic (exact) mass is 1140 g/mol. The third-order valence-corrected chi connectivity index (χ3v) is 13.3. The minimum Gasteiger partial charge on any atom is -0.508 e. The van der Waals surface area contributed by atoms with Gasteiger partial charge in [0.2, 0.25) is 47.3 Å². The van der Waals surface area contributed by atoms with Gasteiger partial charge in [-0.3, -0.25) is 52.9 Å². The highest BCUT2D eigenvalue weighted by molar-refractivity contribution is 7.98. The van der Waals surface area contributed by atoms with Crippen molar-refractivity contribution in [3.05, 3.63) is 48.0 Å². The van der Waals surface area contributed by atoms with Crippen molar-refractivity contribution in [2.24, 2.45) is 28.1 Å². The number of aliphatic carboxylic acids is 3. The number of aliphatic imine (C=N–C) groups is 1. The summed E-state index contributed by atoms with van der Waals surface area (Å²) in [5.41, 5.74) is 17.7. The van der Waals surface area contributed by atoms with Crippen molar-refractivity contribution in [2.45, 2.75) is 152 Å². The zero-order valence-electron chi connectivity index (χ0n) is 45.1. The van der Waals surface area contributed by atoms with E-state index in [0.29, 0.717) is 23.4 Å². The number of nitrogens with zero attached hydrogens (tertiary/aromatic N) is 3. The molecule has 1 fully saturated rings. The summed E-state index contributed by atoms with van der Waals surface area (Å²) < 4.78 is 0. The van der Waals surface area contributed by atoms with E-state index < -0.39 is 145 Å². The summed E-state index contributed by atoms with van der Waals surface area (Å²) in [4.78, 5) is 159. The van der Waals surface area contributed by atoms with Crippen LogP contribution in [0.3, 0.4) is 0 Å². The number of carbonyl (C=O) groups is 11. The van der Waals surface area contributed by atoms with Gasteiger partial charge in [-0.05, 0) is 93.9 Å². The Hall–Kier alpha value is -8.02. The van der Waals surface area contributed by atoms with E-state index in [4.69, 9.17) is 17.2 Å². The van der Waals surface area contributed by atoms with E-state index in [0.717, 1.165) is 0 Å². The Morgan fingerprint density at radius 1 is 0.713 bits per heavy atom. The van der Waals surface area contributed by atoms with Gasteiger partial charge in [0.25, 0.3) is 0 Å². The first-order valence-electron chi connectivity index (χ1n) is 25.9. The van der Waals surface area contributed by atoms with Crippen LogP contribution in [0.15, 0.2) is 41.8 Å². The summed E-state index contributed by atoms with van der Waals surface area (Å²) in [6.07, 6.45) is 2.53. The zero-order valence-corrected chi connectivity index (χ0v) is 45.9. The normalized spacial score (nSPS) is 16.0. The van der Waals surface area contributed by atoms with Crippen molar-refractivity contribution in [1.82, 2.24) is 52.1 Å². The smallest absolute Gasteiger partial charge is 0.326 e. The SMILES string of the molecule is CSCC[C@H](N)C(=O)N[C@@H](C)C(=O)N[C@@H](CCCN=C(N)N)C(=O)N[C@@H](CCC(=O)O)C(=O)N[C@@H](CC(C)C)C(=O)N[C@@H](Cc1cnc[nH]1)C(=O)N1CCC[C@H]1C(=O)N[C@@H](CCC(=O)O)C(=O)N[C@@H](Cc1ccc(O)cc1)C(=O)O. The minimum atomic E-state index is -1.62. The van der Waals surface area contributed by atoms with Crippen LogP contribution in [-0.2, 0) is 65.6 Å². The lowest BCUT2D eigenvalue weighted by molar-refractivity contribution is -0.144. The first-order chi connectivity index (χ1) is 37.8. The fourth-order valence-electron chi connectivity index (χ4n) is 8.35. The molecule has 0 unspecified atom stereocenters. The van der Waals surface area contributed by atoms with E-state index in [1.54, 1.807) is 13.8 Å². The minimum absolute atomic E-state index is 0.0150. The molecule has 442 valence electrons. The number of amides is 8. The van der Waals surface area contributed by atoms with Crippen LogP contribution in [0.1, 0.15) is 96.2 Å². The fraction of sp³-hybridized carbons (Fsp3) is 0.580. The van der Waals surface area contributed by atoms with Gasteiger partial charge in [-0.15, -0.1) is 0 Å². The molecule has 9 atom stereocenters. The van der Waals surface area contributed by atoms with Crippen molar-refractivity contribution >= 4 is 82.9 Å². The number of imidazole rings is 1. The lowest BCUT2D eigenvalue weighted by atomic mass is 10.0. The van der Waals surface area contributed by atoms with Gasteiger partial charge in [-0.2, -0.15) is 11.8 Å². The quantitative estimate of drug-likeness (QED) is 0.0190. The van der Waals surface area contributed by atoms with Crippen LogP contribution in [0.25, 0.3) is 0 Å². The van der Waals surface area contributed by atoms with Crippen LogP contribution in [0.5, 0.6) is 5.75 Å². The molecule has 0 bridgehead atoms. The molecule has 0 spiro atoms. The van der Waals surface area contributed by atoms with Crippen molar-refractivity contribution in [3.63, 3.8) is 0 Å². The number of carbonyl (C=O) groups excluding carboxylic acids is 8. The molecule has 1 aliphatic rings. The number of hydrogen-bond acceptors (Lipinski definition) is 16. The summed E-state index contributed by atoms with van der Waals surface area (Å²) in [5, 5.41) is 56.3. The van der Waals surface area contributed by atoms with Crippen LogP contribution in [0, 0.1) is 5.92 Å². The van der Waals surface area contributed by atoms with E-state index in [2.05, 4.69) is 52.2 Å². The maximum Gasteiger partial charge on any atom is 0.326 e. The summed E-state index contributed by atoms with van der Waals surface area (Å²) in [6.45, 7) is 4.84. The molecule has 0 saturated carbocycles. The second-order valence-corrected chi connectivity index (χ2v) is 20.6. The number of guanidine groups is 1. The number of thioether (sulfide) groups is 1. The second-order valence-electron chi connectivity index (χ2n) is 19.6. The van der Waals surface area contributed by atoms with E-state index in [1.165, 1.54) is 60.4 Å². The Kier molecular flexibility index (Phi) is 27.7. The maximum absolute atomic E-state index is 14.6. The first kappa shape index (κ1) is 66.3. The Labute approximate surface area is 465 Å². The molecule has 2 heterocycles. The molecule has 18 N–H and O–H groups in total. The van der Waals surface area contributed by atoms with Crippen molar-refractivity contribution in [2.75, 3.05) is 25.1 Å². The lowest BCUT2D eigenvalue weighted by Crippen LogP contribution is -2.60. The van der Waals surface area contributed by atoms with Gasteiger partial charge < -0.3 is 84.7 Å². The number of nitrogens with two attached hydrogens (primary N) is 3. The lowest BCUT2D eigenvalue weighted by Gasteiger charge is -2.31. The number of phenols is 1. The molecule has 1 aromatic carbocycles. The highest BCUT2D eigenvalue weighted by atomic mass is 32.2. The van der Waals surface area contributed by atoms with Crippen LogP contribution in [-0.4, -0.2) is 186 Å². The second kappa shape index (κ2) is 33.4. The molecular weight excluding hydrogens is 1070 g/mol. The number of aromatic hydroxyl groups is 1. The van der Waals surface area contributed by atoms with Gasteiger partial charge in [0.1, 0.15) is 54.1 Å². The molecule has 29 nitrogen and oxygen atoms in total. The molecule has 1 saturated heterocycles. The molecule has 0 radical (unpaired) electrons. The number of nitrogens with one attached hydrogen (secondary N) is 8. The zero-order chi connectivity index (χ0) is 59.6. The Balaban J connectivity index is 1.88. The number of aromatic amines is 1. The van der Waals surface area contributed by atoms with Gasteiger partial charge in [0.05, 0.1) is 12.4 Å². The molecule has 80 heavy (non-hydrogen) atoms. The highest BCUT2D eigenvalue weighted by Crippen LogP contribution is 2.21. The predicted octanol–water partition coefficient (Wildman–Crippen LogP) is -2.70. The van der Waals surface area contributed by atoms with Gasteiger partial charge >= 0.3 is 17.9 Å². The fourth-order valence-corrected chi connectivity index (χ4v) is 8.84. The molecular formula is C50H76N14O15S. The number of likely N-dealkylation sites (tertiary alicyclic amines) is 1. The predicted molar refractivity (Wildman–Crippen MR) is 290 cm³/mol. The van der Waals surface area contributed by atoms with E-state index in [9.17, 15) is 73.2 Å². The first-order valence-corrected chi connectivity index (χ1v) is 27.3. The molecule has 3 rings (SSSR count). The Morgan fingerprint density at radius 2 is 1.26 bits per heavy atom. The molecule has 30 heteroatoms. The standard InChI is InChI=1S/C50H76N14O15S/c1-26(2)21-35(61-44(73)33(13-15-39(66)67)59-43(72)32(7-5-18-55-50(52)53)58-41(70)27(3)57-42(71)31(51)17-20-80-4)46(75)62-36(23-29-24-54-25-56-29)48(77)64-19-6-8-38(64)47(76)60-34(14-16-40(68)69)45(74)63-37(49(78)79)22-28-9-11-30(65)12-10-28/h9-12,24-27,31-38,65H,5-8,13-23,51H2,1-4H3,(H,54,56)(H,57,71)(H,58,70)(H,59,72)(H,60,76)(H,61,73)(H,62,75)(H,63,74)(H,66,67)(H,68,69)(H,78,79)(H4,52,53,55)/t27-,31-,32-,33-,34-,35-,36-,37-,38-/m0/s1. The van der Waals surface area contributed by atoms with E-state index in [-0.39, 0.29) is 75.7 Å². The summed E-state index contributed by atoms with van der Waals surface area (Å²) in [5.74, 6) is -11.1. The third kappa shape index (κ3) is 23.1. The topological polar surface area (TPSA) is 475 Å². The summed E-state index contributed by atoms with van der Waals surface area (Å²) in [7, 11) is 0. The molecule has 1 aliphatic heterocycles. The number of phenolic OH excluding ortho intramolecular Hbond substituents is 1. The van der Waals surface area contributed by atoms with Gasteiger partial charge in [-0.25, -0.2) is 9.78 Å². The van der Waals surface area contributed by atoms with Gasteiger partial charge in [0, 0.05) is 50.7 Å². The largest absolute Gasteiger partial charge is 0.508 e. The van der Waals surface area contributed by atoms with E-state index in [1.807, 2.05) is 6.26 Å². The van der Waals surface area contributed by atoms with Crippen LogP contribution < -0.4 is 54.4 Å². The third-order valence-electron chi connectivity index (χ3n) is 12.6. The van der Waals surface area contributed by atoms with Crippen molar-refractivity contribution < 1.29 is 73.2 Å². The average Bonchev–Trinajstić information content (AvgIpc) is 4.11. The van der Waals surface area contributed by atoms with Crippen LogP contribution in [0.4, 0.5) is 0 Å². The number of aromatic nitrogens is 2. The molecule has 0 aliphatic carbocycles. The Bertz CT molecular complexity index is 2480. The molecule has 8 amide bonds. The van der Waals surface area contributed by atoms with Crippen molar-refractivity contribution in [1.29, 1.82) is 0 Å². The maximum atomic E-state index is 14.6. The van der Waals surface area contributed by atoms with Gasteiger partial charge in [-0.1, -0.05) is 26.0 Å². The van der Waals surface area contributed by atoms with Crippen LogP contribution in [0.2, 0.25) is 0 Å². The number of hydrogen-bond donors (Lipinski definition) is 15. The van der Waals surface area contributed by atoms with E-state index >= 15 is 0 Å². The number of carboxylic acids is 3. The number of rotatable bonds is 35. The highest BCUT2D eigenvalue weighted by Gasteiger charge is 2.41. The molecule has 1 aromatic heterocycles. The number of benzene rings is 1. The number of H-pyrrole nitrogens is 1. The van der Waals surface area contributed by atoms with Gasteiger partial charge in [0.15, 0.2) is 5.96 Å². The summed E-state index contributed by atoms with van der Waals surface area (Å²) >= 11 is 1.48. The summed E-state index contributed by atoms with van der Waals surface area (Å²) in [6, 6.07) is -6.82. The number of carboxylic acid groups (broad SMARTS) is 3. The van der Waals surface area contributed by atoms with Crippen molar-refractivity contribution in [3.8, 4) is 5.75 Å². The average molecular weight is 1150 g/mol. The van der Waals surface area contributed by atoms with Crippen LogP contribution >= 0.6 is 11.8 Å².